The Labute approximate surface area is 126 Å². The van der Waals surface area contributed by atoms with E-state index in [4.69, 9.17) is 0 Å². The van der Waals surface area contributed by atoms with E-state index in [9.17, 15) is 5.11 Å². The molecule has 2 heterocycles. The highest BCUT2D eigenvalue weighted by atomic mass is 16.3. The summed E-state index contributed by atoms with van der Waals surface area (Å²) in [4.78, 5) is 6.96. The average molecular weight is 284 g/mol. The number of fused-ring (bicyclic) bond motifs is 1. The van der Waals surface area contributed by atoms with Gasteiger partial charge in [0.25, 0.3) is 0 Å². The van der Waals surface area contributed by atoms with Gasteiger partial charge in [-0.1, -0.05) is 12.1 Å². The first-order chi connectivity index (χ1) is 9.98. The van der Waals surface area contributed by atoms with Crippen LogP contribution in [0.1, 0.15) is 37.9 Å². The molecule has 0 saturated carbocycles. The first-order valence-electron chi connectivity index (χ1n) is 7.82. The van der Waals surface area contributed by atoms with Crippen LogP contribution in [0.3, 0.4) is 0 Å². The largest absolute Gasteiger partial charge is 0.385 e. The van der Waals surface area contributed by atoms with Crippen LogP contribution >= 0.6 is 0 Å². The van der Waals surface area contributed by atoms with Gasteiger partial charge in [-0.15, -0.1) is 0 Å². The third-order valence-corrected chi connectivity index (χ3v) is 4.72. The van der Waals surface area contributed by atoms with Crippen molar-refractivity contribution in [3.05, 3.63) is 41.6 Å². The average Bonchev–Trinajstić information content (AvgIpc) is 2.47. The highest BCUT2D eigenvalue weighted by Crippen LogP contribution is 2.34. The zero-order chi connectivity index (χ0) is 15.0. The predicted molar refractivity (Wildman–Crippen MR) is 86.3 cm³/mol. The van der Waals surface area contributed by atoms with Gasteiger partial charge in [-0.2, -0.15) is 0 Å². The number of rotatable bonds is 2. The fourth-order valence-electron chi connectivity index (χ4n) is 3.22. The maximum absolute atomic E-state index is 11.0. The summed E-state index contributed by atoms with van der Waals surface area (Å²) in [5.41, 5.74) is 2.37. The molecule has 0 bridgehead atoms. The van der Waals surface area contributed by atoms with E-state index in [1.165, 1.54) is 0 Å². The Kier molecular flexibility index (Phi) is 3.72. The van der Waals surface area contributed by atoms with E-state index in [-0.39, 0.29) is 0 Å². The molecule has 1 aromatic carbocycles. The highest BCUT2D eigenvalue weighted by Gasteiger charge is 2.34. The van der Waals surface area contributed by atoms with Crippen molar-refractivity contribution in [1.82, 2.24) is 9.88 Å². The SMILES string of the molecule is Cc1ccc2cc(C3(O)CCN(C(C)C)CC3)ccc2n1. The lowest BCUT2D eigenvalue weighted by atomic mass is 9.83. The fraction of sp³-hybridized carbons (Fsp3) is 0.500. The number of hydrogen-bond acceptors (Lipinski definition) is 3. The smallest absolute Gasteiger partial charge is 0.0921 e. The molecule has 0 atom stereocenters. The van der Waals surface area contributed by atoms with Gasteiger partial charge in [0, 0.05) is 30.2 Å². The molecule has 3 rings (SSSR count). The van der Waals surface area contributed by atoms with Gasteiger partial charge < -0.3 is 10.0 Å². The van der Waals surface area contributed by atoms with Gasteiger partial charge in [-0.3, -0.25) is 4.98 Å². The van der Waals surface area contributed by atoms with Gasteiger partial charge in [0.05, 0.1) is 11.1 Å². The van der Waals surface area contributed by atoms with Crippen molar-refractivity contribution in [2.75, 3.05) is 13.1 Å². The molecule has 1 N–H and O–H groups in total. The Morgan fingerprint density at radius 2 is 1.86 bits per heavy atom. The monoisotopic (exact) mass is 284 g/mol. The van der Waals surface area contributed by atoms with E-state index in [2.05, 4.69) is 35.9 Å². The van der Waals surface area contributed by atoms with Crippen molar-refractivity contribution < 1.29 is 5.11 Å². The van der Waals surface area contributed by atoms with Crippen LogP contribution in [0.25, 0.3) is 10.9 Å². The zero-order valence-corrected chi connectivity index (χ0v) is 13.1. The third kappa shape index (κ3) is 2.81. The number of aryl methyl sites for hydroxylation is 1. The van der Waals surface area contributed by atoms with Crippen LogP contribution in [0.2, 0.25) is 0 Å². The lowest BCUT2D eigenvalue weighted by Gasteiger charge is -2.40. The quantitative estimate of drug-likeness (QED) is 0.919. The van der Waals surface area contributed by atoms with E-state index in [0.29, 0.717) is 6.04 Å². The number of aliphatic hydroxyl groups is 1. The molecule has 1 saturated heterocycles. The van der Waals surface area contributed by atoms with Crippen LogP contribution < -0.4 is 0 Å². The number of pyridine rings is 1. The van der Waals surface area contributed by atoms with Crippen molar-refractivity contribution in [3.8, 4) is 0 Å². The molecule has 21 heavy (non-hydrogen) atoms. The van der Waals surface area contributed by atoms with Crippen molar-refractivity contribution >= 4 is 10.9 Å². The molecule has 2 aromatic rings. The number of likely N-dealkylation sites (tertiary alicyclic amines) is 1. The molecular formula is C18H24N2O. The van der Waals surface area contributed by atoms with Gasteiger partial charge in [0.2, 0.25) is 0 Å². The number of benzene rings is 1. The Bertz CT molecular complexity index is 643. The Hall–Kier alpha value is -1.45. The minimum absolute atomic E-state index is 0.554. The predicted octanol–water partition coefficient (Wildman–Crippen LogP) is 3.24. The standard InChI is InChI=1S/C18H24N2O/c1-13(2)20-10-8-18(21,9-11-20)16-6-7-17-15(12-16)5-4-14(3)19-17/h4-7,12-13,21H,8-11H2,1-3H3. The van der Waals surface area contributed by atoms with Gasteiger partial charge in [-0.05, 0) is 57.4 Å². The van der Waals surface area contributed by atoms with Crippen molar-refractivity contribution in [3.63, 3.8) is 0 Å². The maximum Gasteiger partial charge on any atom is 0.0921 e. The van der Waals surface area contributed by atoms with E-state index < -0.39 is 5.60 Å². The minimum atomic E-state index is -0.690. The topological polar surface area (TPSA) is 36.4 Å². The van der Waals surface area contributed by atoms with Crippen LogP contribution in [0.15, 0.2) is 30.3 Å². The van der Waals surface area contributed by atoms with E-state index in [1.54, 1.807) is 0 Å². The molecule has 0 amide bonds. The highest BCUT2D eigenvalue weighted by molar-refractivity contribution is 5.79. The van der Waals surface area contributed by atoms with Crippen LogP contribution in [-0.4, -0.2) is 34.1 Å². The molecule has 0 unspecified atom stereocenters. The summed E-state index contributed by atoms with van der Waals surface area (Å²) in [6.07, 6.45) is 1.60. The molecule has 0 aliphatic carbocycles. The second-order valence-corrected chi connectivity index (χ2v) is 6.52. The van der Waals surface area contributed by atoms with Gasteiger partial charge in [-0.25, -0.2) is 0 Å². The van der Waals surface area contributed by atoms with E-state index in [0.717, 1.165) is 48.1 Å². The number of aromatic nitrogens is 1. The van der Waals surface area contributed by atoms with Crippen molar-refractivity contribution in [1.29, 1.82) is 0 Å². The molecule has 3 nitrogen and oxygen atoms in total. The third-order valence-electron chi connectivity index (χ3n) is 4.72. The molecule has 0 radical (unpaired) electrons. The van der Waals surface area contributed by atoms with Gasteiger partial charge >= 0.3 is 0 Å². The summed E-state index contributed by atoms with van der Waals surface area (Å²) < 4.78 is 0. The fourth-order valence-corrected chi connectivity index (χ4v) is 3.22. The second kappa shape index (κ2) is 5.39. The summed E-state index contributed by atoms with van der Waals surface area (Å²) in [5, 5.41) is 12.1. The first-order valence-corrected chi connectivity index (χ1v) is 7.82. The molecule has 112 valence electrons. The summed E-state index contributed by atoms with van der Waals surface area (Å²) in [6, 6.07) is 10.8. The second-order valence-electron chi connectivity index (χ2n) is 6.52. The molecule has 1 aliphatic rings. The zero-order valence-electron chi connectivity index (χ0n) is 13.1. The number of hydrogen-bond donors (Lipinski definition) is 1. The van der Waals surface area contributed by atoms with Crippen molar-refractivity contribution in [2.45, 2.75) is 45.3 Å². The lowest BCUT2D eigenvalue weighted by molar-refractivity contribution is -0.0322. The molecule has 3 heteroatoms. The minimum Gasteiger partial charge on any atom is -0.385 e. The Balaban J connectivity index is 1.88. The normalized spacial score (nSPS) is 19.3. The molecular weight excluding hydrogens is 260 g/mol. The van der Waals surface area contributed by atoms with E-state index >= 15 is 0 Å². The summed E-state index contributed by atoms with van der Waals surface area (Å²) >= 11 is 0. The lowest BCUT2D eigenvalue weighted by Crippen LogP contribution is -2.45. The Morgan fingerprint density at radius 3 is 2.52 bits per heavy atom. The van der Waals surface area contributed by atoms with E-state index in [1.807, 2.05) is 25.1 Å². The number of nitrogens with zero attached hydrogens (tertiary/aromatic N) is 2. The van der Waals surface area contributed by atoms with Crippen LogP contribution in [0.5, 0.6) is 0 Å². The molecule has 1 aromatic heterocycles. The summed E-state index contributed by atoms with van der Waals surface area (Å²) in [7, 11) is 0. The van der Waals surface area contributed by atoms with Crippen LogP contribution in [0, 0.1) is 6.92 Å². The van der Waals surface area contributed by atoms with Gasteiger partial charge in [0.15, 0.2) is 0 Å². The maximum atomic E-state index is 11.0. The summed E-state index contributed by atoms with van der Waals surface area (Å²) in [6.45, 7) is 8.35. The van der Waals surface area contributed by atoms with Crippen molar-refractivity contribution in [2.24, 2.45) is 0 Å². The molecule has 1 fully saturated rings. The van der Waals surface area contributed by atoms with Crippen LogP contribution in [0.4, 0.5) is 0 Å². The first kappa shape index (κ1) is 14.5. The Morgan fingerprint density at radius 1 is 1.14 bits per heavy atom. The number of piperidine rings is 1. The molecule has 1 aliphatic heterocycles. The summed E-state index contributed by atoms with van der Waals surface area (Å²) in [5.74, 6) is 0. The van der Waals surface area contributed by atoms with Gasteiger partial charge in [0.1, 0.15) is 0 Å². The molecule has 0 spiro atoms. The van der Waals surface area contributed by atoms with Crippen LogP contribution in [-0.2, 0) is 5.60 Å².